The molecular weight excluding hydrogens is 218 g/mol. The van der Waals surface area contributed by atoms with Gasteiger partial charge in [0.15, 0.2) is 0 Å². The minimum absolute atomic E-state index is 0.00583. The van der Waals surface area contributed by atoms with E-state index in [9.17, 15) is 9.59 Å². The Morgan fingerprint density at radius 2 is 2.00 bits per heavy atom. The largest absolute Gasteiger partial charge is 0.387 e. The average molecular weight is 231 g/mol. The Labute approximate surface area is 97.9 Å². The second-order valence-corrected chi connectivity index (χ2v) is 3.75. The Morgan fingerprint density at radius 3 is 2.59 bits per heavy atom. The van der Waals surface area contributed by atoms with Gasteiger partial charge in [-0.15, -0.1) is 0 Å². The third-order valence-electron chi connectivity index (χ3n) is 2.80. The molecule has 0 atom stereocenters. The number of para-hydroxylation sites is 1. The quantitative estimate of drug-likeness (QED) is 0.797. The summed E-state index contributed by atoms with van der Waals surface area (Å²) < 4.78 is 1.43. The van der Waals surface area contributed by atoms with Crippen molar-refractivity contribution in [2.75, 3.05) is 12.4 Å². The maximum atomic E-state index is 12.0. The molecule has 1 aromatic carbocycles. The highest BCUT2D eigenvalue weighted by Crippen LogP contribution is 2.23. The summed E-state index contributed by atoms with van der Waals surface area (Å²) in [7, 11) is 3.28. The van der Waals surface area contributed by atoms with Crippen LogP contribution in [0.3, 0.4) is 0 Å². The number of aryl methyl sites for hydroxylation is 1. The van der Waals surface area contributed by atoms with Gasteiger partial charge in [-0.3, -0.25) is 9.59 Å². The Balaban J connectivity index is 3.06. The van der Waals surface area contributed by atoms with Crippen molar-refractivity contribution in [3.8, 4) is 0 Å². The molecule has 0 fully saturated rings. The van der Waals surface area contributed by atoms with Crippen LogP contribution in [-0.4, -0.2) is 17.5 Å². The molecule has 1 amide bonds. The van der Waals surface area contributed by atoms with Gasteiger partial charge in [0, 0.05) is 19.5 Å². The molecule has 5 nitrogen and oxygen atoms in total. The molecule has 0 radical (unpaired) electrons. The number of nitrogens with zero attached hydrogens (tertiary/aromatic N) is 1. The topological polar surface area (TPSA) is 77.1 Å². The number of nitrogens with one attached hydrogen (secondary N) is 1. The van der Waals surface area contributed by atoms with Crippen LogP contribution in [0.15, 0.2) is 29.1 Å². The van der Waals surface area contributed by atoms with Crippen molar-refractivity contribution in [3.05, 3.63) is 40.2 Å². The van der Waals surface area contributed by atoms with Crippen molar-refractivity contribution < 1.29 is 4.79 Å². The van der Waals surface area contributed by atoms with Crippen LogP contribution in [0.2, 0.25) is 0 Å². The number of rotatable bonds is 2. The first kappa shape index (κ1) is 11.2. The fraction of sp³-hybridized carbons (Fsp3) is 0.167. The van der Waals surface area contributed by atoms with Crippen LogP contribution in [0.5, 0.6) is 0 Å². The number of anilines is 1. The average Bonchev–Trinajstić information content (AvgIpc) is 2.33. The number of pyridine rings is 1. The van der Waals surface area contributed by atoms with E-state index in [0.717, 1.165) is 10.9 Å². The van der Waals surface area contributed by atoms with Gasteiger partial charge < -0.3 is 15.6 Å². The van der Waals surface area contributed by atoms with Crippen molar-refractivity contribution >= 4 is 22.5 Å². The summed E-state index contributed by atoms with van der Waals surface area (Å²) in [6, 6.07) is 7.35. The Hall–Kier alpha value is -2.30. The molecule has 0 saturated heterocycles. The van der Waals surface area contributed by atoms with Gasteiger partial charge in [0.1, 0.15) is 5.56 Å². The molecule has 0 spiro atoms. The predicted octanol–water partition coefficient (Wildman–Crippen LogP) is 0.679. The van der Waals surface area contributed by atoms with Crippen LogP contribution < -0.4 is 16.6 Å². The first-order chi connectivity index (χ1) is 8.07. The fourth-order valence-corrected chi connectivity index (χ4v) is 1.98. The molecule has 0 aliphatic carbocycles. The van der Waals surface area contributed by atoms with E-state index >= 15 is 0 Å². The number of primary amides is 1. The van der Waals surface area contributed by atoms with E-state index in [1.807, 2.05) is 24.3 Å². The number of carbonyl (C=O) groups excluding carboxylic acids is 1. The zero-order valence-electron chi connectivity index (χ0n) is 9.65. The van der Waals surface area contributed by atoms with Gasteiger partial charge in [-0.25, -0.2) is 0 Å². The standard InChI is InChI=1S/C12H13N3O2/c1-14-10-7-5-3-4-6-8(7)15(2)12(17)9(10)11(13)16/h3-6,14H,1-2H3,(H2,13,16). The monoisotopic (exact) mass is 231 g/mol. The van der Waals surface area contributed by atoms with Crippen LogP contribution in [0.1, 0.15) is 10.4 Å². The molecule has 3 N–H and O–H groups in total. The number of benzene rings is 1. The van der Waals surface area contributed by atoms with E-state index < -0.39 is 5.91 Å². The van der Waals surface area contributed by atoms with Crippen molar-refractivity contribution in [1.29, 1.82) is 0 Å². The third kappa shape index (κ3) is 1.56. The number of aromatic nitrogens is 1. The van der Waals surface area contributed by atoms with Crippen LogP contribution in [0, 0.1) is 0 Å². The number of amides is 1. The number of hydrogen-bond donors (Lipinski definition) is 2. The van der Waals surface area contributed by atoms with E-state index in [1.54, 1.807) is 14.1 Å². The molecule has 1 heterocycles. The third-order valence-corrected chi connectivity index (χ3v) is 2.80. The molecule has 17 heavy (non-hydrogen) atoms. The van der Waals surface area contributed by atoms with E-state index in [2.05, 4.69) is 5.32 Å². The maximum Gasteiger partial charge on any atom is 0.265 e. The number of nitrogens with two attached hydrogens (primary N) is 1. The normalized spacial score (nSPS) is 10.5. The van der Waals surface area contributed by atoms with Crippen molar-refractivity contribution in [3.63, 3.8) is 0 Å². The zero-order valence-corrected chi connectivity index (χ0v) is 9.65. The smallest absolute Gasteiger partial charge is 0.265 e. The van der Waals surface area contributed by atoms with Crippen molar-refractivity contribution in [2.45, 2.75) is 0 Å². The molecule has 2 aromatic rings. The molecule has 0 saturated carbocycles. The number of fused-ring (bicyclic) bond motifs is 1. The molecule has 5 heteroatoms. The number of carbonyl (C=O) groups is 1. The lowest BCUT2D eigenvalue weighted by Crippen LogP contribution is -2.29. The summed E-state index contributed by atoms with van der Waals surface area (Å²) in [5.74, 6) is -0.722. The summed E-state index contributed by atoms with van der Waals surface area (Å²) in [5.41, 5.74) is 6.10. The highest BCUT2D eigenvalue weighted by Gasteiger charge is 2.17. The number of hydrogen-bond acceptors (Lipinski definition) is 3. The molecule has 2 rings (SSSR count). The predicted molar refractivity (Wildman–Crippen MR) is 67.3 cm³/mol. The van der Waals surface area contributed by atoms with E-state index in [-0.39, 0.29) is 11.1 Å². The van der Waals surface area contributed by atoms with Crippen LogP contribution in [0.4, 0.5) is 5.69 Å². The van der Waals surface area contributed by atoms with Gasteiger partial charge >= 0.3 is 0 Å². The van der Waals surface area contributed by atoms with Gasteiger partial charge in [0.2, 0.25) is 0 Å². The Morgan fingerprint density at radius 1 is 1.35 bits per heavy atom. The molecular formula is C12H13N3O2. The Bertz CT molecular complexity index is 659. The first-order valence-corrected chi connectivity index (χ1v) is 5.17. The molecule has 0 bridgehead atoms. The maximum absolute atomic E-state index is 12.0. The van der Waals surface area contributed by atoms with Gasteiger partial charge in [0.05, 0.1) is 11.2 Å². The summed E-state index contributed by atoms with van der Waals surface area (Å²) in [6.45, 7) is 0. The highest BCUT2D eigenvalue weighted by atomic mass is 16.2. The van der Waals surface area contributed by atoms with Gasteiger partial charge in [0.25, 0.3) is 11.5 Å². The molecule has 0 aliphatic rings. The minimum Gasteiger partial charge on any atom is -0.387 e. The summed E-state index contributed by atoms with van der Waals surface area (Å²) in [4.78, 5) is 23.4. The fourth-order valence-electron chi connectivity index (χ4n) is 1.98. The lowest BCUT2D eigenvalue weighted by Gasteiger charge is -2.13. The minimum atomic E-state index is -0.722. The van der Waals surface area contributed by atoms with Crippen LogP contribution >= 0.6 is 0 Å². The van der Waals surface area contributed by atoms with Gasteiger partial charge in [-0.2, -0.15) is 0 Å². The molecule has 88 valence electrons. The summed E-state index contributed by atoms with van der Waals surface area (Å²) in [5, 5.41) is 3.67. The first-order valence-electron chi connectivity index (χ1n) is 5.17. The van der Waals surface area contributed by atoms with Crippen molar-refractivity contribution in [2.24, 2.45) is 12.8 Å². The van der Waals surface area contributed by atoms with E-state index in [4.69, 9.17) is 5.73 Å². The lowest BCUT2D eigenvalue weighted by atomic mass is 10.1. The zero-order chi connectivity index (χ0) is 12.6. The van der Waals surface area contributed by atoms with Crippen molar-refractivity contribution in [1.82, 2.24) is 4.57 Å². The van der Waals surface area contributed by atoms with Gasteiger partial charge in [-0.05, 0) is 6.07 Å². The highest BCUT2D eigenvalue weighted by molar-refractivity contribution is 6.06. The molecule has 0 aliphatic heterocycles. The summed E-state index contributed by atoms with van der Waals surface area (Å²) >= 11 is 0. The summed E-state index contributed by atoms with van der Waals surface area (Å²) in [6.07, 6.45) is 0. The second kappa shape index (κ2) is 3.93. The Kier molecular flexibility index (Phi) is 2.59. The van der Waals surface area contributed by atoms with E-state index in [0.29, 0.717) is 5.69 Å². The molecule has 1 aromatic heterocycles. The SMILES string of the molecule is CNc1c(C(N)=O)c(=O)n(C)c2ccccc12. The molecule has 0 unspecified atom stereocenters. The van der Waals surface area contributed by atoms with Crippen LogP contribution in [0.25, 0.3) is 10.9 Å². The second-order valence-electron chi connectivity index (χ2n) is 3.75. The van der Waals surface area contributed by atoms with Gasteiger partial charge in [-0.1, -0.05) is 18.2 Å². The van der Waals surface area contributed by atoms with E-state index in [1.165, 1.54) is 4.57 Å². The lowest BCUT2D eigenvalue weighted by molar-refractivity contribution is 0.0999. The van der Waals surface area contributed by atoms with Crippen LogP contribution in [-0.2, 0) is 7.05 Å².